The van der Waals surface area contributed by atoms with Gasteiger partial charge in [-0.2, -0.15) is 0 Å². The number of carbonyl (C=O) groups excluding carboxylic acids is 1. The number of amides is 1. The van der Waals surface area contributed by atoms with Crippen LogP contribution in [0, 0.1) is 0 Å². The summed E-state index contributed by atoms with van der Waals surface area (Å²) in [5.41, 5.74) is 3.85. The summed E-state index contributed by atoms with van der Waals surface area (Å²) in [6.45, 7) is 0.932. The highest BCUT2D eigenvalue weighted by molar-refractivity contribution is 6.04. The zero-order chi connectivity index (χ0) is 19.8. The fourth-order valence-corrected chi connectivity index (χ4v) is 3.31. The molecule has 0 aromatic heterocycles. The van der Waals surface area contributed by atoms with Gasteiger partial charge in [-0.1, -0.05) is 11.6 Å². The minimum Gasteiger partial charge on any atom is -0.497 e. The number of anilines is 2. The summed E-state index contributed by atoms with van der Waals surface area (Å²) in [5, 5.41) is 6.36. The van der Waals surface area contributed by atoms with Gasteiger partial charge in [-0.3, -0.25) is 4.79 Å². The molecule has 0 spiro atoms. The molecule has 5 heteroatoms. The molecule has 0 radical (unpaired) electrons. The van der Waals surface area contributed by atoms with Crippen molar-refractivity contribution in [1.29, 1.82) is 0 Å². The first-order valence-electron chi connectivity index (χ1n) is 9.74. The van der Waals surface area contributed by atoms with Crippen molar-refractivity contribution in [1.82, 2.24) is 0 Å². The molecule has 0 saturated heterocycles. The second-order valence-electron chi connectivity index (χ2n) is 6.92. The van der Waals surface area contributed by atoms with E-state index in [-0.39, 0.29) is 5.91 Å². The maximum absolute atomic E-state index is 12.5. The van der Waals surface area contributed by atoms with E-state index < -0.39 is 0 Å². The predicted molar refractivity (Wildman–Crippen MR) is 114 cm³/mol. The van der Waals surface area contributed by atoms with Gasteiger partial charge in [0.1, 0.15) is 11.5 Å². The largest absolute Gasteiger partial charge is 0.497 e. The maximum Gasteiger partial charge on any atom is 0.255 e. The van der Waals surface area contributed by atoms with E-state index in [9.17, 15) is 4.79 Å². The number of carbonyl (C=O) groups is 1. The summed E-state index contributed by atoms with van der Waals surface area (Å²) < 4.78 is 10.4. The van der Waals surface area contributed by atoms with Gasteiger partial charge in [-0.25, -0.2) is 0 Å². The highest BCUT2D eigenvalue weighted by Crippen LogP contribution is 2.24. The van der Waals surface area contributed by atoms with Gasteiger partial charge in [0.25, 0.3) is 5.91 Å². The third kappa shape index (κ3) is 5.52. The van der Waals surface area contributed by atoms with Crippen LogP contribution in [0.5, 0.6) is 11.5 Å². The molecule has 0 fully saturated rings. The fourth-order valence-electron chi connectivity index (χ4n) is 3.31. The Hall–Kier alpha value is -2.95. The van der Waals surface area contributed by atoms with Crippen molar-refractivity contribution >= 4 is 17.3 Å². The van der Waals surface area contributed by atoms with E-state index in [1.807, 2.05) is 24.3 Å². The van der Waals surface area contributed by atoms with Crippen LogP contribution in [0.2, 0.25) is 0 Å². The summed E-state index contributed by atoms with van der Waals surface area (Å²) in [6, 6.07) is 12.9. The van der Waals surface area contributed by atoms with E-state index in [0.29, 0.717) is 17.1 Å². The second-order valence-corrected chi connectivity index (χ2v) is 6.92. The molecule has 1 aliphatic rings. The molecule has 0 heterocycles. The number of benzene rings is 2. The smallest absolute Gasteiger partial charge is 0.255 e. The van der Waals surface area contributed by atoms with Gasteiger partial charge >= 0.3 is 0 Å². The van der Waals surface area contributed by atoms with Crippen LogP contribution in [0.25, 0.3) is 0 Å². The molecule has 2 aromatic rings. The predicted octanol–water partition coefficient (Wildman–Crippen LogP) is 5.26. The molecular formula is C23H28N2O3. The lowest BCUT2D eigenvalue weighted by atomic mass is 9.97. The van der Waals surface area contributed by atoms with E-state index in [2.05, 4.69) is 16.7 Å². The van der Waals surface area contributed by atoms with Crippen LogP contribution in [-0.2, 0) is 0 Å². The minimum absolute atomic E-state index is 0.206. The minimum atomic E-state index is -0.206. The fraction of sp³-hybridized carbons (Fsp3) is 0.348. The monoisotopic (exact) mass is 380 g/mol. The van der Waals surface area contributed by atoms with Crippen molar-refractivity contribution in [2.75, 3.05) is 31.4 Å². The van der Waals surface area contributed by atoms with Crippen molar-refractivity contribution in [2.45, 2.75) is 32.1 Å². The van der Waals surface area contributed by atoms with E-state index in [1.54, 1.807) is 38.0 Å². The Balaban J connectivity index is 1.55. The molecule has 148 valence electrons. The highest BCUT2D eigenvalue weighted by Gasteiger charge is 2.10. The van der Waals surface area contributed by atoms with Crippen LogP contribution in [-0.4, -0.2) is 26.7 Å². The average molecular weight is 380 g/mol. The summed E-state index contributed by atoms with van der Waals surface area (Å²) in [4.78, 5) is 12.5. The van der Waals surface area contributed by atoms with Crippen LogP contribution < -0.4 is 20.1 Å². The van der Waals surface area contributed by atoms with Crippen LogP contribution in [0.4, 0.5) is 11.4 Å². The first-order chi connectivity index (χ1) is 13.7. The summed E-state index contributed by atoms with van der Waals surface area (Å²) in [5.74, 6) is 0.955. The van der Waals surface area contributed by atoms with Crippen molar-refractivity contribution in [3.63, 3.8) is 0 Å². The Morgan fingerprint density at radius 1 is 0.964 bits per heavy atom. The quantitative estimate of drug-likeness (QED) is 0.614. The highest BCUT2D eigenvalue weighted by atomic mass is 16.5. The number of hydrogen-bond acceptors (Lipinski definition) is 4. The first-order valence-corrected chi connectivity index (χ1v) is 9.74. The molecule has 0 saturated carbocycles. The van der Waals surface area contributed by atoms with Gasteiger partial charge in [0.05, 0.1) is 14.2 Å². The van der Waals surface area contributed by atoms with E-state index in [4.69, 9.17) is 9.47 Å². The lowest BCUT2D eigenvalue weighted by molar-refractivity contribution is 0.102. The topological polar surface area (TPSA) is 59.6 Å². The summed E-state index contributed by atoms with van der Waals surface area (Å²) >= 11 is 0. The Morgan fingerprint density at radius 3 is 2.25 bits per heavy atom. The Morgan fingerprint density at radius 2 is 1.64 bits per heavy atom. The third-order valence-electron chi connectivity index (χ3n) is 4.92. The van der Waals surface area contributed by atoms with Crippen molar-refractivity contribution < 1.29 is 14.3 Å². The summed E-state index contributed by atoms with van der Waals surface area (Å²) in [6.07, 6.45) is 8.59. The van der Waals surface area contributed by atoms with Crippen molar-refractivity contribution in [3.05, 3.63) is 59.7 Å². The third-order valence-corrected chi connectivity index (χ3v) is 4.92. The molecular weight excluding hydrogens is 352 g/mol. The van der Waals surface area contributed by atoms with Crippen LogP contribution in [0.15, 0.2) is 54.1 Å². The number of hydrogen-bond donors (Lipinski definition) is 2. The Bertz CT molecular complexity index is 806. The van der Waals surface area contributed by atoms with E-state index in [1.165, 1.54) is 25.7 Å². The molecule has 0 bridgehead atoms. The number of rotatable bonds is 8. The van der Waals surface area contributed by atoms with Crippen molar-refractivity contribution in [2.24, 2.45) is 0 Å². The molecule has 1 aliphatic carbocycles. The molecule has 1 amide bonds. The first kappa shape index (κ1) is 19.8. The maximum atomic E-state index is 12.5. The number of ether oxygens (including phenoxy) is 2. The number of nitrogens with one attached hydrogen (secondary N) is 2. The molecule has 2 N–H and O–H groups in total. The standard InChI is InChI=1S/C23H28N2O3/c1-27-21-14-18(15-22(16-21)28-2)23(26)25-20-10-8-19(9-11-20)24-13-12-17-6-4-3-5-7-17/h6,8-11,14-16,24H,3-5,7,12-13H2,1-2H3,(H,25,26). The van der Waals surface area contributed by atoms with Gasteiger partial charge in [0.15, 0.2) is 0 Å². The Kier molecular flexibility index (Phi) is 6.95. The molecule has 28 heavy (non-hydrogen) atoms. The number of allylic oxidation sites excluding steroid dienone is 1. The van der Waals surface area contributed by atoms with Gasteiger partial charge in [0, 0.05) is 29.5 Å². The van der Waals surface area contributed by atoms with Crippen LogP contribution >= 0.6 is 0 Å². The molecule has 0 aliphatic heterocycles. The molecule has 5 nitrogen and oxygen atoms in total. The van der Waals surface area contributed by atoms with Gasteiger partial charge in [0.2, 0.25) is 0 Å². The zero-order valence-electron chi connectivity index (χ0n) is 16.6. The lowest BCUT2D eigenvalue weighted by Crippen LogP contribution is -2.12. The SMILES string of the molecule is COc1cc(OC)cc(C(=O)Nc2ccc(NCCC3=CCCCC3)cc2)c1. The van der Waals surface area contributed by atoms with E-state index >= 15 is 0 Å². The van der Waals surface area contributed by atoms with Gasteiger partial charge < -0.3 is 20.1 Å². The van der Waals surface area contributed by atoms with Crippen LogP contribution in [0.3, 0.4) is 0 Å². The molecule has 2 aromatic carbocycles. The molecule has 0 unspecified atom stereocenters. The van der Waals surface area contributed by atoms with E-state index in [0.717, 1.165) is 24.3 Å². The zero-order valence-corrected chi connectivity index (χ0v) is 16.6. The summed E-state index contributed by atoms with van der Waals surface area (Å²) in [7, 11) is 3.12. The van der Waals surface area contributed by atoms with Crippen molar-refractivity contribution in [3.8, 4) is 11.5 Å². The lowest BCUT2D eigenvalue weighted by Gasteiger charge is -2.14. The normalized spacial score (nSPS) is 13.4. The second kappa shape index (κ2) is 9.83. The average Bonchev–Trinajstić information content (AvgIpc) is 2.75. The number of methoxy groups -OCH3 is 2. The van der Waals surface area contributed by atoms with Gasteiger partial charge in [-0.15, -0.1) is 0 Å². The molecule has 0 atom stereocenters. The van der Waals surface area contributed by atoms with Gasteiger partial charge in [-0.05, 0) is 68.5 Å². The Labute approximate surface area is 166 Å². The van der Waals surface area contributed by atoms with Crippen LogP contribution in [0.1, 0.15) is 42.5 Å². The molecule has 3 rings (SSSR count).